The van der Waals surface area contributed by atoms with Crippen molar-refractivity contribution in [1.29, 1.82) is 0 Å². The molecule has 0 spiro atoms. The summed E-state index contributed by atoms with van der Waals surface area (Å²) < 4.78 is 10.2. The number of hydrogen-bond acceptors (Lipinski definition) is 5. The maximum Gasteiger partial charge on any atom is 0.326 e. The molecule has 0 saturated carbocycles. The molecule has 0 bridgehead atoms. The molecule has 0 aromatic heterocycles. The Balaban J connectivity index is 2.33. The third-order valence-corrected chi connectivity index (χ3v) is 3.46. The molecule has 1 aromatic rings. The molecule has 21 heavy (non-hydrogen) atoms. The molecule has 2 rings (SSSR count). The van der Waals surface area contributed by atoms with Gasteiger partial charge in [-0.1, -0.05) is 0 Å². The third-order valence-electron chi connectivity index (χ3n) is 3.46. The molecule has 0 radical (unpaired) electrons. The van der Waals surface area contributed by atoms with Gasteiger partial charge in [0.25, 0.3) is 5.91 Å². The van der Waals surface area contributed by atoms with Gasteiger partial charge in [-0.05, 0) is 12.1 Å². The maximum absolute atomic E-state index is 12.5. The molecule has 7 heteroatoms. The lowest BCUT2D eigenvalue weighted by Crippen LogP contribution is -2.40. The average molecular weight is 295 g/mol. The minimum Gasteiger partial charge on any atom is -0.497 e. The number of carbonyl (C=O) groups excluding carboxylic acids is 1. The summed E-state index contributed by atoms with van der Waals surface area (Å²) >= 11 is 0. The Hall–Kier alpha value is -2.28. The van der Waals surface area contributed by atoms with Crippen LogP contribution >= 0.6 is 0 Å². The van der Waals surface area contributed by atoms with E-state index < -0.39 is 24.0 Å². The van der Waals surface area contributed by atoms with Crippen molar-refractivity contribution in [2.24, 2.45) is 0 Å². The molecule has 1 aliphatic heterocycles. The number of likely N-dealkylation sites (tertiary alicyclic amines) is 1. The van der Waals surface area contributed by atoms with Crippen LogP contribution in [0, 0.1) is 0 Å². The van der Waals surface area contributed by atoms with Crippen molar-refractivity contribution in [1.82, 2.24) is 4.90 Å². The van der Waals surface area contributed by atoms with Gasteiger partial charge in [-0.3, -0.25) is 4.79 Å². The Morgan fingerprint density at radius 1 is 1.29 bits per heavy atom. The van der Waals surface area contributed by atoms with Gasteiger partial charge in [-0.25, -0.2) is 4.79 Å². The van der Waals surface area contributed by atoms with E-state index >= 15 is 0 Å². The van der Waals surface area contributed by atoms with Gasteiger partial charge in [0.1, 0.15) is 17.5 Å². The van der Waals surface area contributed by atoms with Crippen molar-refractivity contribution in [3.63, 3.8) is 0 Å². The summed E-state index contributed by atoms with van der Waals surface area (Å²) in [5.74, 6) is -0.796. The molecule has 7 nitrogen and oxygen atoms in total. The first-order valence-electron chi connectivity index (χ1n) is 6.41. The fourth-order valence-corrected chi connectivity index (χ4v) is 2.40. The predicted molar refractivity (Wildman–Crippen MR) is 72.6 cm³/mol. The predicted octanol–water partition coefficient (Wildman–Crippen LogP) is 0.364. The number of amides is 1. The second-order valence-electron chi connectivity index (χ2n) is 4.77. The van der Waals surface area contributed by atoms with Gasteiger partial charge >= 0.3 is 5.97 Å². The van der Waals surface area contributed by atoms with Crippen LogP contribution in [0.5, 0.6) is 11.5 Å². The zero-order valence-electron chi connectivity index (χ0n) is 11.8. The summed E-state index contributed by atoms with van der Waals surface area (Å²) in [5.41, 5.74) is 0.235. The van der Waals surface area contributed by atoms with E-state index in [0.717, 1.165) is 4.90 Å². The van der Waals surface area contributed by atoms with Crippen LogP contribution in [-0.4, -0.2) is 59.9 Å². The van der Waals surface area contributed by atoms with E-state index in [4.69, 9.17) is 14.6 Å². The highest BCUT2D eigenvalue weighted by Crippen LogP contribution is 2.28. The minimum absolute atomic E-state index is 0.00894. The summed E-state index contributed by atoms with van der Waals surface area (Å²) in [5, 5.41) is 18.8. The number of ether oxygens (including phenoxy) is 2. The molecule has 1 heterocycles. The largest absolute Gasteiger partial charge is 0.497 e. The van der Waals surface area contributed by atoms with E-state index in [0.29, 0.717) is 11.5 Å². The maximum atomic E-state index is 12.5. The number of benzene rings is 1. The first kappa shape index (κ1) is 15.1. The van der Waals surface area contributed by atoms with Gasteiger partial charge < -0.3 is 24.6 Å². The zero-order chi connectivity index (χ0) is 15.6. The summed E-state index contributed by atoms with van der Waals surface area (Å²) in [7, 11) is 2.91. The minimum atomic E-state index is -1.13. The number of hydrogen-bond donors (Lipinski definition) is 2. The lowest BCUT2D eigenvalue weighted by molar-refractivity contribution is -0.141. The monoisotopic (exact) mass is 295 g/mol. The Morgan fingerprint density at radius 2 is 2.00 bits per heavy atom. The fourth-order valence-electron chi connectivity index (χ4n) is 2.40. The number of carbonyl (C=O) groups is 2. The number of carboxylic acid groups (broad SMARTS) is 1. The van der Waals surface area contributed by atoms with Crippen LogP contribution < -0.4 is 9.47 Å². The second-order valence-corrected chi connectivity index (χ2v) is 4.77. The molecule has 2 N–H and O–H groups in total. The van der Waals surface area contributed by atoms with Crippen LogP contribution in [0.15, 0.2) is 18.2 Å². The van der Waals surface area contributed by atoms with Gasteiger partial charge in [0.15, 0.2) is 0 Å². The summed E-state index contributed by atoms with van der Waals surface area (Å²) in [4.78, 5) is 24.9. The van der Waals surface area contributed by atoms with Gasteiger partial charge in [0, 0.05) is 19.0 Å². The lowest BCUT2D eigenvalue weighted by atomic mass is 10.1. The van der Waals surface area contributed by atoms with Crippen molar-refractivity contribution in [2.45, 2.75) is 18.6 Å². The molecule has 114 valence electrons. The van der Waals surface area contributed by atoms with Gasteiger partial charge in [0.05, 0.1) is 25.9 Å². The van der Waals surface area contributed by atoms with Crippen molar-refractivity contribution in [3.8, 4) is 11.5 Å². The Labute approximate surface area is 121 Å². The van der Waals surface area contributed by atoms with Crippen molar-refractivity contribution in [2.75, 3.05) is 20.8 Å². The lowest BCUT2D eigenvalue weighted by Gasteiger charge is -2.22. The number of aliphatic hydroxyl groups excluding tert-OH is 1. The van der Waals surface area contributed by atoms with E-state index in [1.54, 1.807) is 12.1 Å². The second kappa shape index (κ2) is 6.01. The number of rotatable bonds is 4. The third kappa shape index (κ3) is 2.92. The van der Waals surface area contributed by atoms with Crippen LogP contribution in [0.25, 0.3) is 0 Å². The molecule has 1 fully saturated rings. The van der Waals surface area contributed by atoms with Crippen molar-refractivity contribution >= 4 is 11.9 Å². The molecule has 1 amide bonds. The van der Waals surface area contributed by atoms with Crippen LogP contribution in [-0.2, 0) is 4.79 Å². The van der Waals surface area contributed by atoms with Crippen molar-refractivity contribution < 1.29 is 29.3 Å². The van der Waals surface area contributed by atoms with E-state index in [2.05, 4.69) is 0 Å². The highest BCUT2D eigenvalue weighted by Gasteiger charge is 2.39. The molecular weight excluding hydrogens is 278 g/mol. The SMILES string of the molecule is COc1ccc(C(=O)N2C[C@@H](O)C[C@H]2C(=O)O)c(OC)c1. The van der Waals surface area contributed by atoms with Crippen LogP contribution in [0.4, 0.5) is 0 Å². The van der Waals surface area contributed by atoms with E-state index in [1.165, 1.54) is 20.3 Å². The number of methoxy groups -OCH3 is 2. The van der Waals surface area contributed by atoms with Gasteiger partial charge in [0.2, 0.25) is 0 Å². The normalized spacial score (nSPS) is 21.2. The Kier molecular flexibility index (Phi) is 4.32. The molecule has 2 atom stereocenters. The molecule has 0 aliphatic carbocycles. The van der Waals surface area contributed by atoms with E-state index in [1.807, 2.05) is 0 Å². The van der Waals surface area contributed by atoms with Gasteiger partial charge in [-0.15, -0.1) is 0 Å². The van der Waals surface area contributed by atoms with Gasteiger partial charge in [-0.2, -0.15) is 0 Å². The van der Waals surface area contributed by atoms with Crippen LogP contribution in [0.1, 0.15) is 16.8 Å². The Morgan fingerprint density at radius 3 is 2.57 bits per heavy atom. The van der Waals surface area contributed by atoms with Crippen molar-refractivity contribution in [3.05, 3.63) is 23.8 Å². The zero-order valence-corrected chi connectivity index (χ0v) is 11.8. The molecular formula is C14H17NO6. The van der Waals surface area contributed by atoms with E-state index in [9.17, 15) is 14.7 Å². The molecule has 0 unspecified atom stereocenters. The fraction of sp³-hybridized carbons (Fsp3) is 0.429. The number of β-amino-alcohol motifs (C(OH)–C–C–N with tert-alkyl or cyclic N) is 1. The Bertz CT molecular complexity index is 558. The van der Waals surface area contributed by atoms with Crippen LogP contribution in [0.3, 0.4) is 0 Å². The first-order chi connectivity index (χ1) is 9.97. The molecule has 1 aromatic carbocycles. The number of aliphatic hydroxyl groups is 1. The van der Waals surface area contributed by atoms with E-state index in [-0.39, 0.29) is 18.5 Å². The van der Waals surface area contributed by atoms with Crippen LogP contribution in [0.2, 0.25) is 0 Å². The highest BCUT2D eigenvalue weighted by atomic mass is 16.5. The summed E-state index contributed by atoms with van der Waals surface area (Å²) in [6.07, 6.45) is -0.807. The molecule has 1 aliphatic rings. The topological polar surface area (TPSA) is 96.3 Å². The number of aliphatic carboxylic acids is 1. The smallest absolute Gasteiger partial charge is 0.326 e. The summed E-state index contributed by atoms with van der Waals surface area (Å²) in [6.45, 7) is -0.00894. The number of nitrogens with zero attached hydrogens (tertiary/aromatic N) is 1. The quantitative estimate of drug-likeness (QED) is 0.833. The molecule has 1 saturated heterocycles. The summed E-state index contributed by atoms with van der Waals surface area (Å²) in [6, 6.07) is 3.64. The first-order valence-corrected chi connectivity index (χ1v) is 6.41. The number of carboxylic acids is 1. The standard InChI is InChI=1S/C14H17NO6/c1-20-9-3-4-10(12(6-9)21-2)13(17)15-7-8(16)5-11(15)14(18)19/h3-4,6,8,11,16H,5,7H2,1-2H3,(H,18,19)/t8-,11-/m0/s1. The highest BCUT2D eigenvalue weighted by molar-refractivity contribution is 5.99. The average Bonchev–Trinajstić information content (AvgIpc) is 2.88.